The van der Waals surface area contributed by atoms with Gasteiger partial charge in [-0.2, -0.15) is 0 Å². The number of pyridine rings is 1. The second-order valence-corrected chi connectivity index (χ2v) is 5.99. The second kappa shape index (κ2) is 6.19. The van der Waals surface area contributed by atoms with Crippen LogP contribution in [0.4, 0.5) is 5.69 Å². The highest BCUT2D eigenvalue weighted by Crippen LogP contribution is 2.21. The molecular weight excluding hydrogens is 222 g/mol. The standard InChI is InChI=1S/C15H27N3/c1-7-18(12(2)3)14-11-16-9-8-13(14)10-17-15(4,5)6/h8-9,11-12,17H,7,10H2,1-6H3. The molecule has 0 radical (unpaired) electrons. The SMILES string of the molecule is CCN(c1cnccc1CNC(C)(C)C)C(C)C. The zero-order valence-corrected chi connectivity index (χ0v) is 12.6. The molecule has 0 atom stereocenters. The van der Waals surface area contributed by atoms with Crippen molar-refractivity contribution in [1.82, 2.24) is 10.3 Å². The number of nitrogens with zero attached hydrogens (tertiary/aromatic N) is 2. The summed E-state index contributed by atoms with van der Waals surface area (Å²) >= 11 is 0. The van der Waals surface area contributed by atoms with Crippen LogP contribution in [-0.2, 0) is 6.54 Å². The molecule has 3 heteroatoms. The molecule has 0 aliphatic rings. The van der Waals surface area contributed by atoms with Crippen molar-refractivity contribution in [3.05, 3.63) is 24.0 Å². The van der Waals surface area contributed by atoms with Crippen molar-refractivity contribution in [2.75, 3.05) is 11.4 Å². The molecule has 0 spiro atoms. The van der Waals surface area contributed by atoms with Gasteiger partial charge in [0.05, 0.1) is 11.9 Å². The van der Waals surface area contributed by atoms with E-state index in [0.29, 0.717) is 6.04 Å². The van der Waals surface area contributed by atoms with E-state index < -0.39 is 0 Å². The van der Waals surface area contributed by atoms with Gasteiger partial charge in [-0.05, 0) is 53.2 Å². The van der Waals surface area contributed by atoms with Crippen molar-refractivity contribution in [3.8, 4) is 0 Å². The summed E-state index contributed by atoms with van der Waals surface area (Å²) in [6.07, 6.45) is 3.85. The van der Waals surface area contributed by atoms with E-state index in [-0.39, 0.29) is 5.54 Å². The fraction of sp³-hybridized carbons (Fsp3) is 0.667. The van der Waals surface area contributed by atoms with Gasteiger partial charge in [-0.25, -0.2) is 0 Å². The molecule has 3 nitrogen and oxygen atoms in total. The van der Waals surface area contributed by atoms with Gasteiger partial charge in [0.15, 0.2) is 0 Å². The van der Waals surface area contributed by atoms with Crippen molar-refractivity contribution in [3.63, 3.8) is 0 Å². The Bertz CT molecular complexity index is 366. The maximum atomic E-state index is 4.27. The third-order valence-corrected chi connectivity index (χ3v) is 2.97. The molecule has 18 heavy (non-hydrogen) atoms. The van der Waals surface area contributed by atoms with Crippen LogP contribution < -0.4 is 10.2 Å². The Morgan fingerprint density at radius 1 is 1.33 bits per heavy atom. The van der Waals surface area contributed by atoms with Gasteiger partial charge >= 0.3 is 0 Å². The van der Waals surface area contributed by atoms with E-state index >= 15 is 0 Å². The van der Waals surface area contributed by atoms with Gasteiger partial charge < -0.3 is 10.2 Å². The van der Waals surface area contributed by atoms with E-state index in [9.17, 15) is 0 Å². The molecule has 0 amide bonds. The molecule has 0 unspecified atom stereocenters. The summed E-state index contributed by atoms with van der Waals surface area (Å²) in [7, 11) is 0. The molecule has 0 saturated carbocycles. The largest absolute Gasteiger partial charge is 0.368 e. The highest BCUT2D eigenvalue weighted by molar-refractivity contribution is 5.52. The normalized spacial score (nSPS) is 11.9. The summed E-state index contributed by atoms with van der Waals surface area (Å²) in [5, 5.41) is 3.54. The average molecular weight is 249 g/mol. The Hall–Kier alpha value is -1.09. The van der Waals surface area contributed by atoms with Gasteiger partial charge in [-0.15, -0.1) is 0 Å². The zero-order valence-electron chi connectivity index (χ0n) is 12.6. The van der Waals surface area contributed by atoms with Gasteiger partial charge in [0.25, 0.3) is 0 Å². The van der Waals surface area contributed by atoms with E-state index in [4.69, 9.17) is 0 Å². The Morgan fingerprint density at radius 2 is 2.00 bits per heavy atom. The molecule has 0 fully saturated rings. The Balaban J connectivity index is 2.91. The molecule has 0 aliphatic carbocycles. The number of hydrogen-bond acceptors (Lipinski definition) is 3. The van der Waals surface area contributed by atoms with Crippen LogP contribution in [-0.4, -0.2) is 23.1 Å². The third-order valence-electron chi connectivity index (χ3n) is 2.97. The highest BCUT2D eigenvalue weighted by atomic mass is 15.2. The first-order valence-corrected chi connectivity index (χ1v) is 6.79. The predicted molar refractivity (Wildman–Crippen MR) is 79.0 cm³/mol. The van der Waals surface area contributed by atoms with Crippen molar-refractivity contribution in [2.24, 2.45) is 0 Å². The molecule has 0 bridgehead atoms. The summed E-state index contributed by atoms with van der Waals surface area (Å²) in [5.74, 6) is 0. The third kappa shape index (κ3) is 4.30. The smallest absolute Gasteiger partial charge is 0.0600 e. The van der Waals surface area contributed by atoms with Crippen molar-refractivity contribution < 1.29 is 0 Å². The Labute approximate surface area is 112 Å². The van der Waals surface area contributed by atoms with Crippen molar-refractivity contribution >= 4 is 5.69 Å². The summed E-state index contributed by atoms with van der Waals surface area (Å²) in [6, 6.07) is 2.60. The lowest BCUT2D eigenvalue weighted by Gasteiger charge is -2.30. The van der Waals surface area contributed by atoms with E-state index in [0.717, 1.165) is 13.1 Å². The highest BCUT2D eigenvalue weighted by Gasteiger charge is 2.15. The van der Waals surface area contributed by atoms with Gasteiger partial charge in [-0.3, -0.25) is 4.98 Å². The summed E-state index contributed by atoms with van der Waals surface area (Å²) in [6.45, 7) is 15.1. The fourth-order valence-electron chi connectivity index (χ4n) is 2.00. The Kier molecular flexibility index (Phi) is 5.15. The van der Waals surface area contributed by atoms with Crippen LogP contribution in [0.5, 0.6) is 0 Å². The molecule has 1 aromatic heterocycles. The molecule has 0 aliphatic heterocycles. The van der Waals surface area contributed by atoms with Crippen LogP contribution in [0, 0.1) is 0 Å². The number of anilines is 1. The van der Waals surface area contributed by atoms with Gasteiger partial charge in [0.2, 0.25) is 0 Å². The average Bonchev–Trinajstić information content (AvgIpc) is 2.27. The molecule has 0 saturated heterocycles. The Morgan fingerprint density at radius 3 is 2.50 bits per heavy atom. The minimum atomic E-state index is 0.134. The lowest BCUT2D eigenvalue weighted by Crippen LogP contribution is -2.36. The van der Waals surface area contributed by atoms with Crippen LogP contribution >= 0.6 is 0 Å². The first kappa shape index (κ1) is 15.0. The zero-order chi connectivity index (χ0) is 13.8. The van der Waals surface area contributed by atoms with Crippen molar-refractivity contribution in [2.45, 2.75) is 59.7 Å². The molecular formula is C15H27N3. The molecule has 1 rings (SSSR count). The first-order chi connectivity index (χ1) is 8.35. The maximum Gasteiger partial charge on any atom is 0.0600 e. The topological polar surface area (TPSA) is 28.2 Å². The predicted octanol–water partition coefficient (Wildman–Crippen LogP) is 3.20. The molecule has 0 aromatic carbocycles. The fourth-order valence-corrected chi connectivity index (χ4v) is 2.00. The van der Waals surface area contributed by atoms with Crippen LogP contribution in [0.15, 0.2) is 18.5 Å². The number of nitrogens with one attached hydrogen (secondary N) is 1. The monoisotopic (exact) mass is 249 g/mol. The van der Waals surface area contributed by atoms with Crippen LogP contribution in [0.3, 0.4) is 0 Å². The summed E-state index contributed by atoms with van der Waals surface area (Å²) < 4.78 is 0. The quantitative estimate of drug-likeness (QED) is 0.868. The molecule has 1 heterocycles. The van der Waals surface area contributed by atoms with Crippen molar-refractivity contribution in [1.29, 1.82) is 0 Å². The first-order valence-electron chi connectivity index (χ1n) is 6.79. The van der Waals surface area contributed by atoms with Crippen LogP contribution in [0.1, 0.15) is 47.1 Å². The van der Waals surface area contributed by atoms with E-state index in [1.165, 1.54) is 11.3 Å². The minimum absolute atomic E-state index is 0.134. The lowest BCUT2D eigenvalue weighted by atomic mass is 10.1. The number of rotatable bonds is 5. The number of aromatic nitrogens is 1. The van der Waals surface area contributed by atoms with Gasteiger partial charge in [0, 0.05) is 30.9 Å². The van der Waals surface area contributed by atoms with E-state index in [1.54, 1.807) is 0 Å². The van der Waals surface area contributed by atoms with Crippen LogP contribution in [0.25, 0.3) is 0 Å². The molecule has 1 aromatic rings. The molecule has 102 valence electrons. The van der Waals surface area contributed by atoms with E-state index in [2.05, 4.69) is 62.8 Å². The van der Waals surface area contributed by atoms with E-state index in [1.807, 2.05) is 12.4 Å². The lowest BCUT2D eigenvalue weighted by molar-refractivity contribution is 0.424. The molecule has 1 N–H and O–H groups in total. The second-order valence-electron chi connectivity index (χ2n) is 5.99. The summed E-state index contributed by atoms with van der Waals surface area (Å²) in [5.41, 5.74) is 2.69. The maximum absolute atomic E-state index is 4.27. The number of hydrogen-bond donors (Lipinski definition) is 1. The summed E-state index contributed by atoms with van der Waals surface area (Å²) in [4.78, 5) is 6.65. The minimum Gasteiger partial charge on any atom is -0.368 e. The van der Waals surface area contributed by atoms with Gasteiger partial charge in [0.1, 0.15) is 0 Å². The van der Waals surface area contributed by atoms with Crippen LogP contribution in [0.2, 0.25) is 0 Å². The van der Waals surface area contributed by atoms with Gasteiger partial charge in [-0.1, -0.05) is 0 Å².